The second-order valence-electron chi connectivity index (χ2n) is 3.95. The molecule has 0 saturated carbocycles. The van der Waals surface area contributed by atoms with Crippen molar-refractivity contribution in [2.24, 2.45) is 0 Å². The smallest absolute Gasteiger partial charge is 0.164 e. The van der Waals surface area contributed by atoms with Gasteiger partial charge >= 0.3 is 0 Å². The van der Waals surface area contributed by atoms with Gasteiger partial charge in [0.05, 0.1) is 0 Å². The van der Waals surface area contributed by atoms with Gasteiger partial charge < -0.3 is 5.11 Å². The first-order valence-corrected chi connectivity index (χ1v) is 6.01. The van der Waals surface area contributed by atoms with E-state index in [1.165, 1.54) is 23.5 Å². The van der Waals surface area contributed by atoms with Gasteiger partial charge in [-0.2, -0.15) is 0 Å². The fourth-order valence-electron chi connectivity index (χ4n) is 1.80. The molecular weight excluding hydrogens is 242 g/mol. The van der Waals surface area contributed by atoms with Crippen LogP contribution >= 0.6 is 11.3 Å². The molecule has 90 valence electrons. The molecule has 2 aromatic rings. The van der Waals surface area contributed by atoms with Crippen molar-refractivity contribution < 1.29 is 13.9 Å². The van der Waals surface area contributed by atoms with Crippen LogP contribution in [0.4, 0.5) is 8.78 Å². The lowest BCUT2D eigenvalue weighted by Crippen LogP contribution is -2.03. The molecule has 0 fully saturated rings. The van der Waals surface area contributed by atoms with Crippen molar-refractivity contribution >= 4 is 11.3 Å². The van der Waals surface area contributed by atoms with Gasteiger partial charge in [-0.25, -0.2) is 8.78 Å². The molecule has 1 unspecified atom stereocenters. The van der Waals surface area contributed by atoms with Crippen LogP contribution in [0.3, 0.4) is 0 Å². The normalized spacial score (nSPS) is 12.8. The summed E-state index contributed by atoms with van der Waals surface area (Å²) in [5.41, 5.74) is 0.874. The molecule has 1 aromatic heterocycles. The minimum atomic E-state index is -1.11. The maximum atomic E-state index is 13.5. The van der Waals surface area contributed by atoms with Gasteiger partial charge in [-0.05, 0) is 31.5 Å². The predicted molar refractivity (Wildman–Crippen MR) is 64.2 cm³/mol. The molecule has 0 saturated heterocycles. The molecule has 1 atom stereocenters. The van der Waals surface area contributed by atoms with E-state index in [1.54, 1.807) is 0 Å². The fourth-order valence-corrected chi connectivity index (χ4v) is 2.84. The van der Waals surface area contributed by atoms with Gasteiger partial charge in [0.2, 0.25) is 0 Å². The Bertz CT molecular complexity index is 548. The number of rotatable bonds is 2. The van der Waals surface area contributed by atoms with Crippen LogP contribution in [-0.4, -0.2) is 5.11 Å². The zero-order chi connectivity index (χ0) is 12.6. The van der Waals surface area contributed by atoms with Gasteiger partial charge in [0, 0.05) is 15.3 Å². The number of benzene rings is 1. The van der Waals surface area contributed by atoms with Crippen molar-refractivity contribution in [3.05, 3.63) is 56.8 Å². The second-order valence-corrected chi connectivity index (χ2v) is 5.24. The molecule has 4 heteroatoms. The highest BCUT2D eigenvalue weighted by atomic mass is 32.1. The average Bonchev–Trinajstić information content (AvgIpc) is 2.61. The van der Waals surface area contributed by atoms with Gasteiger partial charge in [-0.15, -0.1) is 11.3 Å². The summed E-state index contributed by atoms with van der Waals surface area (Å²) in [7, 11) is 0. The van der Waals surface area contributed by atoms with Crippen LogP contribution in [0.2, 0.25) is 0 Å². The summed E-state index contributed by atoms with van der Waals surface area (Å²) in [5, 5.41) is 10.1. The largest absolute Gasteiger partial charge is 0.383 e. The summed E-state index contributed by atoms with van der Waals surface area (Å²) in [6.07, 6.45) is -1.11. The molecule has 0 amide bonds. The van der Waals surface area contributed by atoms with E-state index < -0.39 is 17.7 Å². The lowest BCUT2D eigenvalue weighted by atomic mass is 10.0. The van der Waals surface area contributed by atoms with E-state index in [2.05, 4.69) is 0 Å². The molecule has 1 aromatic carbocycles. The Kier molecular flexibility index (Phi) is 3.26. The molecule has 0 bridgehead atoms. The quantitative estimate of drug-likeness (QED) is 0.866. The predicted octanol–water partition coefficient (Wildman–Crippen LogP) is 3.72. The van der Waals surface area contributed by atoms with E-state index in [1.807, 2.05) is 19.9 Å². The monoisotopic (exact) mass is 254 g/mol. The summed E-state index contributed by atoms with van der Waals surface area (Å²) in [5.74, 6) is -1.92. The van der Waals surface area contributed by atoms with Crippen molar-refractivity contribution in [3.63, 3.8) is 0 Å². The zero-order valence-electron chi connectivity index (χ0n) is 9.50. The standard InChI is InChI=1S/C13H12F2OS/c1-7-6-8(2)17-13(7)12(16)9-4-3-5-10(14)11(9)15/h3-6,12,16H,1-2H3. The van der Waals surface area contributed by atoms with E-state index in [0.29, 0.717) is 4.88 Å². The molecule has 2 rings (SSSR count). The van der Waals surface area contributed by atoms with Crippen LogP contribution in [0, 0.1) is 25.5 Å². The Morgan fingerprint density at radius 2 is 1.94 bits per heavy atom. The second kappa shape index (κ2) is 4.55. The first-order valence-electron chi connectivity index (χ1n) is 5.19. The van der Waals surface area contributed by atoms with Gasteiger partial charge in [0.1, 0.15) is 6.10 Å². The average molecular weight is 254 g/mol. The minimum absolute atomic E-state index is 0.0186. The molecule has 1 heterocycles. The maximum absolute atomic E-state index is 13.5. The summed E-state index contributed by atoms with van der Waals surface area (Å²) < 4.78 is 26.6. The van der Waals surface area contributed by atoms with Crippen LogP contribution < -0.4 is 0 Å². The Hall–Kier alpha value is -1.26. The van der Waals surface area contributed by atoms with Crippen LogP contribution in [0.25, 0.3) is 0 Å². The summed E-state index contributed by atoms with van der Waals surface area (Å²) in [4.78, 5) is 1.69. The highest BCUT2D eigenvalue weighted by Gasteiger charge is 2.20. The third-order valence-corrected chi connectivity index (χ3v) is 3.81. The third-order valence-electron chi connectivity index (χ3n) is 2.60. The lowest BCUT2D eigenvalue weighted by molar-refractivity contribution is 0.216. The number of hydrogen-bond donors (Lipinski definition) is 1. The molecule has 0 aliphatic carbocycles. The number of aliphatic hydroxyl groups excluding tert-OH is 1. The van der Waals surface area contributed by atoms with Crippen molar-refractivity contribution in [1.82, 2.24) is 0 Å². The van der Waals surface area contributed by atoms with Crippen LogP contribution in [-0.2, 0) is 0 Å². The van der Waals surface area contributed by atoms with Gasteiger partial charge in [0.25, 0.3) is 0 Å². The minimum Gasteiger partial charge on any atom is -0.383 e. The lowest BCUT2D eigenvalue weighted by Gasteiger charge is -2.11. The molecule has 1 N–H and O–H groups in total. The number of hydrogen-bond acceptors (Lipinski definition) is 2. The van der Waals surface area contributed by atoms with Crippen molar-refractivity contribution in [1.29, 1.82) is 0 Å². The fraction of sp³-hybridized carbons (Fsp3) is 0.231. The molecule has 0 aliphatic heterocycles. The molecular formula is C13H12F2OS. The van der Waals surface area contributed by atoms with Gasteiger partial charge in [-0.3, -0.25) is 0 Å². The summed E-state index contributed by atoms with van der Waals surface area (Å²) >= 11 is 1.39. The highest BCUT2D eigenvalue weighted by molar-refractivity contribution is 7.12. The van der Waals surface area contributed by atoms with E-state index in [4.69, 9.17) is 0 Å². The van der Waals surface area contributed by atoms with Crippen LogP contribution in [0.15, 0.2) is 24.3 Å². The molecule has 17 heavy (non-hydrogen) atoms. The zero-order valence-corrected chi connectivity index (χ0v) is 10.3. The third kappa shape index (κ3) is 2.23. The number of thiophene rings is 1. The molecule has 0 spiro atoms. The summed E-state index contributed by atoms with van der Waals surface area (Å²) in [6.45, 7) is 3.76. The first-order chi connectivity index (χ1) is 8.00. The van der Waals surface area contributed by atoms with E-state index in [-0.39, 0.29) is 5.56 Å². The maximum Gasteiger partial charge on any atom is 0.164 e. The Morgan fingerprint density at radius 3 is 2.53 bits per heavy atom. The summed E-state index contributed by atoms with van der Waals surface area (Å²) in [6, 6.07) is 5.75. The first kappa shape index (κ1) is 12.2. The van der Waals surface area contributed by atoms with Crippen LogP contribution in [0.1, 0.15) is 27.0 Å². The Balaban J connectivity index is 2.47. The van der Waals surface area contributed by atoms with E-state index in [0.717, 1.165) is 16.5 Å². The molecule has 0 aliphatic rings. The van der Waals surface area contributed by atoms with Crippen LogP contribution in [0.5, 0.6) is 0 Å². The van der Waals surface area contributed by atoms with Crippen molar-refractivity contribution in [2.75, 3.05) is 0 Å². The topological polar surface area (TPSA) is 20.2 Å². The van der Waals surface area contributed by atoms with Crippen molar-refractivity contribution in [3.8, 4) is 0 Å². The number of aryl methyl sites for hydroxylation is 2. The van der Waals surface area contributed by atoms with E-state index >= 15 is 0 Å². The highest BCUT2D eigenvalue weighted by Crippen LogP contribution is 2.33. The van der Waals surface area contributed by atoms with Crippen molar-refractivity contribution in [2.45, 2.75) is 20.0 Å². The SMILES string of the molecule is Cc1cc(C)c(C(O)c2cccc(F)c2F)s1. The van der Waals surface area contributed by atoms with Gasteiger partial charge in [-0.1, -0.05) is 12.1 Å². The molecule has 1 nitrogen and oxygen atoms in total. The number of halogens is 2. The van der Waals surface area contributed by atoms with Gasteiger partial charge in [0.15, 0.2) is 11.6 Å². The molecule has 0 radical (unpaired) electrons. The Labute approximate surface area is 102 Å². The Morgan fingerprint density at radius 1 is 1.24 bits per heavy atom. The van der Waals surface area contributed by atoms with E-state index in [9.17, 15) is 13.9 Å². The number of aliphatic hydroxyl groups is 1.